The minimum atomic E-state index is -3.20. The number of pyridine rings is 1. The molecule has 1 atom stereocenters. The van der Waals surface area contributed by atoms with Crippen molar-refractivity contribution >= 4 is 23.0 Å². The number of fused-ring (bicyclic) bond motifs is 1. The van der Waals surface area contributed by atoms with Gasteiger partial charge in [0.05, 0.1) is 0 Å². The molecule has 1 aromatic carbocycles. The smallest absolute Gasteiger partial charge is 0.354 e. The number of primary amides is 1. The zero-order valence-corrected chi connectivity index (χ0v) is 13.1. The highest BCUT2D eigenvalue weighted by atomic mass is 19.3. The second-order valence-corrected chi connectivity index (χ2v) is 6.09. The van der Waals surface area contributed by atoms with Gasteiger partial charge in [-0.1, -0.05) is 6.07 Å². The number of carboxylic acid groups (broad SMARTS) is 1. The zero-order valence-electron chi connectivity index (χ0n) is 13.1. The van der Waals surface area contributed by atoms with Gasteiger partial charge in [-0.15, -0.1) is 0 Å². The average molecular weight is 359 g/mol. The monoisotopic (exact) mass is 359 g/mol. The second-order valence-electron chi connectivity index (χ2n) is 6.09. The number of hydrogen-bond donors (Lipinski definition) is 2. The van der Waals surface area contributed by atoms with Gasteiger partial charge in [-0.25, -0.2) is 23.5 Å². The molecule has 9 heteroatoms. The number of rotatable bonds is 4. The van der Waals surface area contributed by atoms with E-state index in [4.69, 9.17) is 15.3 Å². The molecule has 4 rings (SSSR count). The maximum atomic E-state index is 13.8. The summed E-state index contributed by atoms with van der Waals surface area (Å²) in [5.41, 5.74) is 3.99. The topological polar surface area (TPSA) is 119 Å². The Kier molecular flexibility index (Phi) is 3.15. The van der Waals surface area contributed by atoms with Crippen molar-refractivity contribution < 1.29 is 27.9 Å². The van der Waals surface area contributed by atoms with Crippen LogP contribution in [0.15, 0.2) is 40.9 Å². The van der Waals surface area contributed by atoms with E-state index in [1.54, 1.807) is 0 Å². The van der Waals surface area contributed by atoms with Crippen molar-refractivity contribution in [2.45, 2.75) is 17.8 Å². The summed E-state index contributed by atoms with van der Waals surface area (Å²) in [6.07, 6.45) is 0.653. The van der Waals surface area contributed by atoms with E-state index in [-0.39, 0.29) is 22.7 Å². The van der Waals surface area contributed by atoms with Crippen LogP contribution in [-0.2, 0) is 10.2 Å². The van der Waals surface area contributed by atoms with Crippen LogP contribution in [0.5, 0.6) is 0 Å². The molecule has 132 valence electrons. The lowest BCUT2D eigenvalue weighted by Gasteiger charge is -2.12. The number of amides is 1. The Hall–Kier alpha value is -3.36. The number of carbonyl (C=O) groups is 2. The van der Waals surface area contributed by atoms with E-state index in [1.807, 2.05) is 0 Å². The number of carbonyl (C=O) groups excluding carboxylic acids is 1. The van der Waals surface area contributed by atoms with Crippen molar-refractivity contribution in [2.75, 3.05) is 0 Å². The average Bonchev–Trinajstić information content (AvgIpc) is 2.99. The number of aromatic nitrogens is 2. The lowest BCUT2D eigenvalue weighted by Crippen LogP contribution is -2.33. The molecule has 0 saturated heterocycles. The van der Waals surface area contributed by atoms with Crippen molar-refractivity contribution in [1.82, 2.24) is 9.97 Å². The SMILES string of the molecule is NC(=O)[C@@]1(c2ccc3nc(-c4ccnc(C(=O)O)c4)oc3c2)CC1(F)F. The molecule has 1 saturated carbocycles. The molecule has 2 heterocycles. The minimum Gasteiger partial charge on any atom is -0.477 e. The van der Waals surface area contributed by atoms with E-state index >= 15 is 0 Å². The summed E-state index contributed by atoms with van der Waals surface area (Å²) in [6.45, 7) is 0. The van der Waals surface area contributed by atoms with Gasteiger partial charge < -0.3 is 15.3 Å². The van der Waals surface area contributed by atoms with Gasteiger partial charge in [0, 0.05) is 18.2 Å². The highest BCUT2D eigenvalue weighted by Crippen LogP contribution is 2.61. The number of carboxylic acids is 1. The largest absolute Gasteiger partial charge is 0.477 e. The highest BCUT2D eigenvalue weighted by molar-refractivity contribution is 5.93. The van der Waals surface area contributed by atoms with Crippen molar-refractivity contribution in [2.24, 2.45) is 5.73 Å². The van der Waals surface area contributed by atoms with Crippen molar-refractivity contribution in [3.63, 3.8) is 0 Å². The summed E-state index contributed by atoms with van der Waals surface area (Å²) in [7, 11) is 0. The first-order valence-corrected chi connectivity index (χ1v) is 7.53. The minimum absolute atomic E-state index is 0.0613. The number of hydrogen-bond acceptors (Lipinski definition) is 5. The van der Waals surface area contributed by atoms with Gasteiger partial charge >= 0.3 is 5.97 Å². The number of nitrogens with two attached hydrogens (primary N) is 1. The Morgan fingerprint density at radius 1 is 1.23 bits per heavy atom. The molecule has 1 aliphatic rings. The molecule has 0 radical (unpaired) electrons. The van der Waals surface area contributed by atoms with Gasteiger partial charge in [0.2, 0.25) is 11.8 Å². The predicted molar refractivity (Wildman–Crippen MR) is 84.6 cm³/mol. The first kappa shape index (κ1) is 16.1. The Labute approximate surface area is 144 Å². The molecule has 2 aromatic heterocycles. The van der Waals surface area contributed by atoms with E-state index in [0.29, 0.717) is 11.1 Å². The summed E-state index contributed by atoms with van der Waals surface area (Å²) in [6, 6.07) is 6.94. The maximum Gasteiger partial charge on any atom is 0.354 e. The number of oxazole rings is 1. The van der Waals surface area contributed by atoms with Crippen LogP contribution in [0.2, 0.25) is 0 Å². The molecule has 0 unspecified atom stereocenters. The van der Waals surface area contributed by atoms with E-state index in [1.165, 1.54) is 36.5 Å². The molecule has 3 N–H and O–H groups in total. The highest BCUT2D eigenvalue weighted by Gasteiger charge is 2.76. The van der Waals surface area contributed by atoms with Gasteiger partial charge in [0.15, 0.2) is 5.58 Å². The van der Waals surface area contributed by atoms with Gasteiger partial charge in [-0.3, -0.25) is 4.79 Å². The lowest BCUT2D eigenvalue weighted by atomic mass is 9.94. The Morgan fingerprint density at radius 3 is 2.58 bits per heavy atom. The van der Waals surface area contributed by atoms with Crippen LogP contribution < -0.4 is 5.73 Å². The Bertz CT molecular complexity index is 1080. The summed E-state index contributed by atoms with van der Waals surface area (Å²) in [4.78, 5) is 30.5. The van der Waals surface area contributed by atoms with Crippen LogP contribution in [0.4, 0.5) is 8.78 Å². The number of aromatic carboxylic acids is 1. The van der Waals surface area contributed by atoms with E-state index in [9.17, 15) is 18.4 Å². The predicted octanol–water partition coefficient (Wildman–Crippen LogP) is 2.35. The van der Waals surface area contributed by atoms with Crippen LogP contribution in [0, 0.1) is 0 Å². The molecule has 0 aliphatic heterocycles. The zero-order chi connectivity index (χ0) is 18.7. The second kappa shape index (κ2) is 5.07. The first-order valence-electron chi connectivity index (χ1n) is 7.53. The number of nitrogens with zero attached hydrogens (tertiary/aromatic N) is 2. The third kappa shape index (κ3) is 2.17. The van der Waals surface area contributed by atoms with Crippen molar-refractivity contribution in [3.8, 4) is 11.5 Å². The fourth-order valence-corrected chi connectivity index (χ4v) is 3.01. The summed E-state index contributed by atoms with van der Waals surface area (Å²) in [5, 5.41) is 9.00. The summed E-state index contributed by atoms with van der Waals surface area (Å²) >= 11 is 0. The fraction of sp³-hybridized carbons (Fsp3) is 0.176. The third-order valence-corrected chi connectivity index (χ3v) is 4.51. The molecule has 1 aliphatic carbocycles. The van der Waals surface area contributed by atoms with Crippen molar-refractivity contribution in [1.29, 1.82) is 0 Å². The number of alkyl halides is 2. The third-order valence-electron chi connectivity index (χ3n) is 4.51. The van der Waals surface area contributed by atoms with Gasteiger partial charge in [-0.2, -0.15) is 0 Å². The lowest BCUT2D eigenvalue weighted by molar-refractivity contribution is -0.122. The molecular formula is C17H11F2N3O4. The van der Waals surface area contributed by atoms with Crippen LogP contribution in [0.1, 0.15) is 22.5 Å². The van der Waals surface area contributed by atoms with E-state index < -0.39 is 29.6 Å². The summed E-state index contributed by atoms with van der Waals surface area (Å²) < 4.78 is 33.1. The van der Waals surface area contributed by atoms with E-state index in [2.05, 4.69) is 9.97 Å². The van der Waals surface area contributed by atoms with Crippen LogP contribution >= 0.6 is 0 Å². The number of benzene rings is 1. The molecule has 1 fully saturated rings. The first-order chi connectivity index (χ1) is 12.2. The van der Waals surface area contributed by atoms with E-state index in [0.717, 1.165) is 0 Å². The Morgan fingerprint density at radius 2 is 1.96 bits per heavy atom. The quantitative estimate of drug-likeness (QED) is 0.738. The van der Waals surface area contributed by atoms with Crippen molar-refractivity contribution in [3.05, 3.63) is 47.8 Å². The molecule has 1 amide bonds. The van der Waals surface area contributed by atoms with Crippen LogP contribution in [-0.4, -0.2) is 32.9 Å². The summed E-state index contributed by atoms with van der Waals surface area (Å²) in [5.74, 6) is -5.39. The normalized spacial score (nSPS) is 20.8. The van der Waals surface area contributed by atoms with Crippen LogP contribution in [0.25, 0.3) is 22.6 Å². The number of halogens is 2. The van der Waals surface area contributed by atoms with Gasteiger partial charge in [0.25, 0.3) is 5.92 Å². The van der Waals surface area contributed by atoms with Gasteiger partial charge in [-0.05, 0) is 29.8 Å². The molecule has 0 spiro atoms. The fourth-order valence-electron chi connectivity index (χ4n) is 3.01. The molecule has 7 nitrogen and oxygen atoms in total. The molecule has 3 aromatic rings. The molecule has 26 heavy (non-hydrogen) atoms. The van der Waals surface area contributed by atoms with Gasteiger partial charge in [0.1, 0.15) is 16.6 Å². The molecule has 0 bridgehead atoms. The molecular weight excluding hydrogens is 348 g/mol. The standard InChI is InChI=1S/C17H11F2N3O4/c18-17(19)7-16(17,15(20)25)9-1-2-10-12(6-9)26-13(22-10)8-3-4-21-11(5-8)14(23)24/h1-6H,7H2,(H2,20,25)(H,23,24)/t16-/m0/s1. The Balaban J connectivity index is 1.79. The van der Waals surface area contributed by atoms with Crippen LogP contribution in [0.3, 0.4) is 0 Å². The maximum absolute atomic E-state index is 13.8.